The van der Waals surface area contributed by atoms with E-state index in [1.54, 1.807) is 26.0 Å². The Kier molecular flexibility index (Phi) is 13.0. The highest BCUT2D eigenvalue weighted by molar-refractivity contribution is 5.89. The summed E-state index contributed by atoms with van der Waals surface area (Å²) in [5.41, 5.74) is 1.47. The minimum Gasteiger partial charge on any atom is -0.490 e. The van der Waals surface area contributed by atoms with Crippen molar-refractivity contribution in [3.63, 3.8) is 0 Å². The predicted molar refractivity (Wildman–Crippen MR) is 151 cm³/mol. The fourth-order valence-electron chi connectivity index (χ4n) is 3.35. The molecule has 8 nitrogen and oxygen atoms in total. The molecule has 0 radical (unpaired) electrons. The van der Waals surface area contributed by atoms with Crippen LogP contribution in [0.1, 0.15) is 19.4 Å². The largest absolute Gasteiger partial charge is 0.490 e. The van der Waals surface area contributed by atoms with Crippen LogP contribution in [0.2, 0.25) is 0 Å². The number of aryl methyl sites for hydroxylation is 1. The van der Waals surface area contributed by atoms with Crippen LogP contribution in [0.3, 0.4) is 0 Å². The number of carbonyl (C=O) groups excluding carboxylic acids is 2. The molecule has 0 amide bonds. The molecule has 0 aliphatic rings. The quantitative estimate of drug-likeness (QED) is 0.110. The van der Waals surface area contributed by atoms with Gasteiger partial charge in [-0.3, -0.25) is 0 Å². The Hall–Kier alpha value is -3.88. The summed E-state index contributed by atoms with van der Waals surface area (Å²) < 4.78 is 33.8. The lowest BCUT2D eigenvalue weighted by atomic mass is 10.0. The van der Waals surface area contributed by atoms with Gasteiger partial charge in [0.05, 0.1) is 26.4 Å². The fraction of sp³-hybridized carbons (Fsp3) is 0.355. The van der Waals surface area contributed by atoms with Crippen LogP contribution in [0.25, 0.3) is 10.8 Å². The summed E-state index contributed by atoms with van der Waals surface area (Å²) in [5, 5.41) is 1.91. The van der Waals surface area contributed by atoms with Crippen molar-refractivity contribution >= 4 is 22.7 Å². The molecule has 2 atom stereocenters. The molecule has 2 unspecified atom stereocenters. The first-order chi connectivity index (χ1) is 18.7. The molecule has 2 rings (SSSR count). The highest BCUT2D eigenvalue weighted by atomic mass is 16.6. The average molecular weight is 539 g/mol. The van der Waals surface area contributed by atoms with Gasteiger partial charge >= 0.3 is 11.9 Å². The van der Waals surface area contributed by atoms with Crippen LogP contribution in [0, 0.1) is 6.92 Å². The summed E-state index contributed by atoms with van der Waals surface area (Å²) in [6.07, 6.45) is 1.99. The minimum absolute atomic E-state index is 0.0946. The number of benzene rings is 2. The zero-order valence-corrected chi connectivity index (χ0v) is 23.0. The monoisotopic (exact) mass is 538 g/mol. The first-order valence-electron chi connectivity index (χ1n) is 12.6. The lowest BCUT2D eigenvalue weighted by Crippen LogP contribution is -2.30. The van der Waals surface area contributed by atoms with E-state index in [4.69, 9.17) is 28.4 Å². The Morgan fingerprint density at radius 2 is 1.31 bits per heavy atom. The molecule has 0 bridgehead atoms. The van der Waals surface area contributed by atoms with Crippen LogP contribution >= 0.6 is 0 Å². The number of esters is 2. The molecular weight excluding hydrogens is 500 g/mol. The second-order valence-electron chi connectivity index (χ2n) is 8.96. The Balaban J connectivity index is 2.14. The molecule has 2 aromatic rings. The number of rotatable bonds is 18. The molecule has 0 N–H and O–H groups in total. The Morgan fingerprint density at radius 1 is 0.795 bits per heavy atom. The van der Waals surface area contributed by atoms with E-state index in [1.165, 1.54) is 0 Å². The van der Waals surface area contributed by atoms with Crippen LogP contribution in [0.15, 0.2) is 79.9 Å². The molecule has 0 saturated carbocycles. The van der Waals surface area contributed by atoms with Crippen LogP contribution in [0.5, 0.6) is 11.5 Å². The van der Waals surface area contributed by atoms with Gasteiger partial charge in [0.15, 0.2) is 12.2 Å². The van der Waals surface area contributed by atoms with Crippen molar-refractivity contribution < 1.29 is 38.0 Å². The van der Waals surface area contributed by atoms with Gasteiger partial charge in [-0.1, -0.05) is 37.4 Å². The lowest BCUT2D eigenvalue weighted by molar-refractivity contribution is -0.149. The number of ether oxygens (including phenoxy) is 6. The van der Waals surface area contributed by atoms with Crippen LogP contribution in [0.4, 0.5) is 0 Å². The van der Waals surface area contributed by atoms with E-state index in [0.717, 1.165) is 16.3 Å². The van der Waals surface area contributed by atoms with Crippen molar-refractivity contribution in [2.75, 3.05) is 39.6 Å². The maximum absolute atomic E-state index is 12.0. The van der Waals surface area contributed by atoms with E-state index in [1.807, 2.05) is 37.3 Å². The van der Waals surface area contributed by atoms with Gasteiger partial charge < -0.3 is 28.4 Å². The van der Waals surface area contributed by atoms with Crippen molar-refractivity contribution in [1.82, 2.24) is 0 Å². The smallest absolute Gasteiger partial charge is 0.333 e. The molecule has 0 aliphatic carbocycles. The zero-order chi connectivity index (χ0) is 28.8. The fourth-order valence-corrected chi connectivity index (χ4v) is 3.35. The third-order valence-electron chi connectivity index (χ3n) is 5.40. The number of carbonyl (C=O) groups is 2. The number of hydrogen-bond donors (Lipinski definition) is 0. The molecular formula is C31H38O8. The van der Waals surface area contributed by atoms with Gasteiger partial charge in [-0.25, -0.2) is 9.59 Å². The van der Waals surface area contributed by atoms with Crippen LogP contribution < -0.4 is 9.47 Å². The summed E-state index contributed by atoms with van der Waals surface area (Å²) in [5.74, 6) is 0.203. The SMILES string of the molecule is C=CCOCC(COc1ccc2ccc(OCC(COCC=C)OC(=O)C(=C)C)c(C)c2c1)OC(=O)C(=C)C. The number of hydrogen-bond acceptors (Lipinski definition) is 8. The normalized spacial score (nSPS) is 12.2. The molecule has 0 fully saturated rings. The summed E-state index contributed by atoms with van der Waals surface area (Å²) >= 11 is 0. The standard InChI is InChI=1S/C31H38O8/c1-8-14-34-17-26(38-30(32)21(3)4)19-36-25-12-10-24-11-13-29(23(7)28(24)16-25)37-20-27(18-35-15-9-2)39-31(33)22(5)6/h8-13,16,26-27H,1-3,5,14-15,17-20H2,4,6-7H3. The van der Waals surface area contributed by atoms with Crippen LogP contribution in [-0.4, -0.2) is 63.8 Å². The Morgan fingerprint density at radius 3 is 1.82 bits per heavy atom. The Bertz CT molecular complexity index is 1180. The van der Waals surface area contributed by atoms with E-state index in [0.29, 0.717) is 35.9 Å². The summed E-state index contributed by atoms with van der Waals surface area (Å²) in [4.78, 5) is 24.1. The van der Waals surface area contributed by atoms with Gasteiger partial charge in [0.25, 0.3) is 0 Å². The summed E-state index contributed by atoms with van der Waals surface area (Å²) in [7, 11) is 0. The minimum atomic E-state index is -0.624. The van der Waals surface area contributed by atoms with E-state index in [9.17, 15) is 9.59 Å². The van der Waals surface area contributed by atoms with E-state index >= 15 is 0 Å². The van der Waals surface area contributed by atoms with Crippen LogP contribution in [-0.2, 0) is 28.5 Å². The number of fused-ring (bicyclic) bond motifs is 1. The third-order valence-corrected chi connectivity index (χ3v) is 5.40. The van der Waals surface area contributed by atoms with Gasteiger partial charge in [0.1, 0.15) is 24.7 Å². The molecule has 210 valence electrons. The lowest BCUT2D eigenvalue weighted by Gasteiger charge is -2.20. The van der Waals surface area contributed by atoms with Gasteiger partial charge in [0, 0.05) is 11.1 Å². The maximum atomic E-state index is 12.0. The van der Waals surface area contributed by atoms with E-state index < -0.39 is 24.1 Å². The summed E-state index contributed by atoms with van der Waals surface area (Å²) in [6, 6.07) is 9.47. The highest BCUT2D eigenvalue weighted by Crippen LogP contribution is 2.30. The molecule has 0 heterocycles. The summed E-state index contributed by atoms with van der Waals surface area (Å²) in [6.45, 7) is 20.7. The Labute approximate surface area is 230 Å². The molecule has 0 spiro atoms. The van der Waals surface area contributed by atoms with E-state index in [2.05, 4.69) is 26.3 Å². The molecule has 39 heavy (non-hydrogen) atoms. The average Bonchev–Trinajstić information content (AvgIpc) is 2.91. The topological polar surface area (TPSA) is 89.5 Å². The predicted octanol–water partition coefficient (Wildman–Crippen LogP) is 5.29. The van der Waals surface area contributed by atoms with Gasteiger partial charge in [-0.05, 0) is 55.3 Å². The molecule has 0 saturated heterocycles. The van der Waals surface area contributed by atoms with Crippen molar-refractivity contribution in [2.24, 2.45) is 0 Å². The van der Waals surface area contributed by atoms with Crippen molar-refractivity contribution in [3.05, 3.63) is 85.5 Å². The van der Waals surface area contributed by atoms with Crippen molar-refractivity contribution in [1.29, 1.82) is 0 Å². The maximum Gasteiger partial charge on any atom is 0.333 e. The van der Waals surface area contributed by atoms with Gasteiger partial charge in [0.2, 0.25) is 0 Å². The van der Waals surface area contributed by atoms with E-state index in [-0.39, 0.29) is 26.4 Å². The van der Waals surface area contributed by atoms with Gasteiger partial charge in [-0.15, -0.1) is 13.2 Å². The third kappa shape index (κ3) is 10.4. The molecule has 2 aromatic carbocycles. The zero-order valence-electron chi connectivity index (χ0n) is 23.0. The highest BCUT2D eigenvalue weighted by Gasteiger charge is 2.19. The van der Waals surface area contributed by atoms with Crippen molar-refractivity contribution in [3.8, 4) is 11.5 Å². The second kappa shape index (κ2) is 16.2. The molecule has 0 aromatic heterocycles. The van der Waals surface area contributed by atoms with Crippen molar-refractivity contribution in [2.45, 2.75) is 33.0 Å². The molecule has 8 heteroatoms. The second-order valence-corrected chi connectivity index (χ2v) is 8.96. The first-order valence-corrected chi connectivity index (χ1v) is 12.6. The van der Waals surface area contributed by atoms with Gasteiger partial charge in [-0.2, -0.15) is 0 Å². The first kappa shape index (κ1) is 31.3. The molecule has 0 aliphatic heterocycles.